The van der Waals surface area contributed by atoms with Gasteiger partial charge < -0.3 is 4.74 Å². The SMILES string of the molecule is CC(C)(C)N1CCCC(COc2cccc([N+](=O)[O-])c2C#N)C1. The van der Waals surface area contributed by atoms with E-state index in [1.54, 1.807) is 12.1 Å². The Morgan fingerprint density at radius 1 is 1.48 bits per heavy atom. The lowest BCUT2D eigenvalue weighted by molar-refractivity contribution is -0.385. The molecule has 1 atom stereocenters. The van der Waals surface area contributed by atoms with E-state index in [2.05, 4.69) is 25.7 Å². The summed E-state index contributed by atoms with van der Waals surface area (Å²) in [6.07, 6.45) is 2.19. The predicted molar refractivity (Wildman–Crippen MR) is 87.4 cm³/mol. The molecule has 1 aromatic carbocycles. The molecule has 0 aliphatic carbocycles. The molecule has 0 spiro atoms. The lowest BCUT2D eigenvalue weighted by atomic mass is 9.94. The summed E-state index contributed by atoms with van der Waals surface area (Å²) in [7, 11) is 0. The topological polar surface area (TPSA) is 79.4 Å². The summed E-state index contributed by atoms with van der Waals surface area (Å²) in [6, 6.07) is 6.39. The number of ether oxygens (including phenoxy) is 1. The first-order valence-electron chi connectivity index (χ1n) is 7.88. The molecule has 1 saturated heterocycles. The molecule has 1 aliphatic rings. The van der Waals surface area contributed by atoms with Crippen molar-refractivity contribution in [1.82, 2.24) is 4.90 Å². The van der Waals surface area contributed by atoms with Gasteiger partial charge in [0.2, 0.25) is 0 Å². The monoisotopic (exact) mass is 317 g/mol. The van der Waals surface area contributed by atoms with Crippen molar-refractivity contribution >= 4 is 5.69 Å². The Labute approximate surface area is 136 Å². The molecule has 0 N–H and O–H groups in total. The van der Waals surface area contributed by atoms with E-state index >= 15 is 0 Å². The molecule has 1 fully saturated rings. The summed E-state index contributed by atoms with van der Waals surface area (Å²) in [6.45, 7) is 9.10. The fraction of sp³-hybridized carbons (Fsp3) is 0.588. The smallest absolute Gasteiger partial charge is 0.290 e. The molecule has 0 bridgehead atoms. The lowest BCUT2D eigenvalue weighted by Gasteiger charge is -2.41. The van der Waals surface area contributed by atoms with E-state index < -0.39 is 4.92 Å². The summed E-state index contributed by atoms with van der Waals surface area (Å²) < 4.78 is 5.77. The van der Waals surface area contributed by atoms with Crippen molar-refractivity contribution in [1.29, 1.82) is 5.26 Å². The van der Waals surface area contributed by atoms with E-state index in [9.17, 15) is 15.4 Å². The van der Waals surface area contributed by atoms with Gasteiger partial charge in [0.1, 0.15) is 11.8 Å². The van der Waals surface area contributed by atoms with Crippen molar-refractivity contribution in [2.45, 2.75) is 39.2 Å². The van der Waals surface area contributed by atoms with Gasteiger partial charge in [-0.15, -0.1) is 0 Å². The number of hydrogen-bond donors (Lipinski definition) is 0. The molecule has 0 amide bonds. The van der Waals surface area contributed by atoms with E-state index in [4.69, 9.17) is 4.74 Å². The maximum absolute atomic E-state index is 11.0. The van der Waals surface area contributed by atoms with Gasteiger partial charge in [-0.25, -0.2) is 0 Å². The Morgan fingerprint density at radius 2 is 2.22 bits per heavy atom. The summed E-state index contributed by atoms with van der Waals surface area (Å²) in [5, 5.41) is 20.2. The molecular formula is C17H23N3O3. The predicted octanol–water partition coefficient (Wildman–Crippen LogP) is 3.36. The van der Waals surface area contributed by atoms with Crippen LogP contribution in [0.3, 0.4) is 0 Å². The third-order valence-electron chi connectivity index (χ3n) is 4.25. The maximum atomic E-state index is 11.0. The average Bonchev–Trinajstić information content (AvgIpc) is 2.51. The molecule has 1 aromatic rings. The molecule has 124 valence electrons. The molecule has 6 heteroatoms. The average molecular weight is 317 g/mol. The van der Waals surface area contributed by atoms with E-state index in [0.717, 1.165) is 25.9 Å². The van der Waals surface area contributed by atoms with Crippen LogP contribution < -0.4 is 4.74 Å². The highest BCUT2D eigenvalue weighted by Crippen LogP contribution is 2.29. The third kappa shape index (κ3) is 4.20. The largest absolute Gasteiger partial charge is 0.492 e. The second-order valence-electron chi connectivity index (χ2n) is 6.96. The minimum absolute atomic E-state index is 0.000914. The zero-order valence-corrected chi connectivity index (χ0v) is 13.9. The van der Waals surface area contributed by atoms with Gasteiger partial charge in [0, 0.05) is 24.1 Å². The van der Waals surface area contributed by atoms with Crippen LogP contribution >= 0.6 is 0 Å². The van der Waals surface area contributed by atoms with Gasteiger partial charge in [-0.1, -0.05) is 6.07 Å². The molecule has 0 radical (unpaired) electrons. The van der Waals surface area contributed by atoms with Crippen LogP contribution in [-0.4, -0.2) is 35.1 Å². The molecule has 2 rings (SSSR count). The Morgan fingerprint density at radius 3 is 2.83 bits per heavy atom. The third-order valence-corrected chi connectivity index (χ3v) is 4.25. The summed E-state index contributed by atoms with van der Waals surface area (Å²) >= 11 is 0. The van der Waals surface area contributed by atoms with Gasteiger partial charge >= 0.3 is 0 Å². The number of likely N-dealkylation sites (tertiary alicyclic amines) is 1. The van der Waals surface area contributed by atoms with Crippen molar-refractivity contribution in [3.05, 3.63) is 33.9 Å². The van der Waals surface area contributed by atoms with Crippen LogP contribution in [0.15, 0.2) is 18.2 Å². The van der Waals surface area contributed by atoms with E-state index in [0.29, 0.717) is 18.3 Å². The van der Waals surface area contributed by atoms with Crippen LogP contribution in [-0.2, 0) is 0 Å². The Balaban J connectivity index is 2.05. The Bertz CT molecular complexity index is 616. The standard InChI is InChI=1S/C17H23N3O3/c1-17(2,3)19-9-5-6-13(11-19)12-23-16-8-4-7-15(20(21)22)14(16)10-18/h4,7-8,13H,5-6,9,11-12H2,1-3H3. The van der Waals surface area contributed by atoms with Crippen LogP contribution in [0.5, 0.6) is 5.75 Å². The highest BCUT2D eigenvalue weighted by molar-refractivity contribution is 5.56. The van der Waals surface area contributed by atoms with Crippen LogP contribution in [0.4, 0.5) is 5.69 Å². The first-order valence-corrected chi connectivity index (χ1v) is 7.88. The van der Waals surface area contributed by atoms with Gasteiger partial charge in [0.25, 0.3) is 5.69 Å². The summed E-state index contributed by atoms with van der Waals surface area (Å²) in [5.74, 6) is 0.670. The molecule has 1 aliphatic heterocycles. The van der Waals surface area contributed by atoms with Crippen LogP contribution in [0.1, 0.15) is 39.2 Å². The van der Waals surface area contributed by atoms with E-state index in [-0.39, 0.29) is 16.8 Å². The van der Waals surface area contributed by atoms with Crippen LogP contribution in [0, 0.1) is 27.4 Å². The molecule has 6 nitrogen and oxygen atoms in total. The number of rotatable bonds is 4. The quantitative estimate of drug-likeness (QED) is 0.628. The first kappa shape index (κ1) is 17.2. The molecule has 1 heterocycles. The number of benzene rings is 1. The molecule has 0 aromatic heterocycles. The second kappa shape index (κ2) is 6.97. The minimum Gasteiger partial charge on any atom is -0.492 e. The number of hydrogen-bond acceptors (Lipinski definition) is 5. The zero-order chi connectivity index (χ0) is 17.0. The minimum atomic E-state index is -0.548. The highest BCUT2D eigenvalue weighted by atomic mass is 16.6. The van der Waals surface area contributed by atoms with Crippen molar-refractivity contribution in [3.8, 4) is 11.8 Å². The zero-order valence-electron chi connectivity index (χ0n) is 13.9. The second-order valence-corrected chi connectivity index (χ2v) is 6.96. The Kier molecular flexibility index (Phi) is 5.22. The van der Waals surface area contributed by atoms with Crippen LogP contribution in [0.2, 0.25) is 0 Å². The van der Waals surface area contributed by atoms with Crippen molar-refractivity contribution in [3.63, 3.8) is 0 Å². The number of nitrogens with zero attached hydrogens (tertiary/aromatic N) is 3. The normalized spacial score (nSPS) is 19.1. The Hall–Kier alpha value is -2.13. The lowest BCUT2D eigenvalue weighted by Crippen LogP contribution is -2.48. The first-order chi connectivity index (χ1) is 10.8. The number of piperidine rings is 1. The van der Waals surface area contributed by atoms with E-state index in [1.165, 1.54) is 6.07 Å². The summed E-state index contributed by atoms with van der Waals surface area (Å²) in [4.78, 5) is 12.9. The van der Waals surface area contributed by atoms with Crippen molar-refractivity contribution in [2.75, 3.05) is 19.7 Å². The fourth-order valence-corrected chi connectivity index (χ4v) is 2.92. The molecule has 0 saturated carbocycles. The maximum Gasteiger partial charge on any atom is 0.290 e. The molecule has 23 heavy (non-hydrogen) atoms. The van der Waals surface area contributed by atoms with E-state index in [1.807, 2.05) is 6.07 Å². The van der Waals surface area contributed by atoms with Gasteiger partial charge in [-0.05, 0) is 46.2 Å². The van der Waals surface area contributed by atoms with Gasteiger partial charge in [0.15, 0.2) is 5.56 Å². The van der Waals surface area contributed by atoms with Gasteiger partial charge in [0.05, 0.1) is 11.5 Å². The number of nitriles is 1. The fourth-order valence-electron chi connectivity index (χ4n) is 2.92. The highest BCUT2D eigenvalue weighted by Gasteiger charge is 2.28. The van der Waals surface area contributed by atoms with Gasteiger partial charge in [-0.2, -0.15) is 5.26 Å². The summed E-state index contributed by atoms with van der Waals surface area (Å²) in [5.41, 5.74) is -0.0758. The molecular weight excluding hydrogens is 294 g/mol. The van der Waals surface area contributed by atoms with Crippen LogP contribution in [0.25, 0.3) is 0 Å². The van der Waals surface area contributed by atoms with Crippen molar-refractivity contribution in [2.24, 2.45) is 5.92 Å². The van der Waals surface area contributed by atoms with Crippen molar-refractivity contribution < 1.29 is 9.66 Å². The number of nitro benzene ring substituents is 1. The number of nitro groups is 1. The van der Waals surface area contributed by atoms with Gasteiger partial charge in [-0.3, -0.25) is 15.0 Å². The molecule has 1 unspecified atom stereocenters.